The summed E-state index contributed by atoms with van der Waals surface area (Å²) in [6, 6.07) is 0. The topological polar surface area (TPSA) is 72.5 Å². The van der Waals surface area contributed by atoms with Crippen LogP contribution in [-0.4, -0.2) is 65.5 Å². The SMILES string of the molecule is CCCCC[C@H](/C=C/[C@@H]1[C@H](C/C=C\CCCC(=O)OC)[C@@H](O[Si](C)(C)C(C)(C)C)C[C@H]1OC(C)OCC)OC(C)OCC. The van der Waals surface area contributed by atoms with Gasteiger partial charge in [-0.2, -0.15) is 0 Å². The average molecular weight is 627 g/mol. The lowest BCUT2D eigenvalue weighted by Gasteiger charge is -2.40. The van der Waals surface area contributed by atoms with E-state index in [2.05, 4.69) is 65.1 Å². The largest absolute Gasteiger partial charge is 0.469 e. The van der Waals surface area contributed by atoms with Gasteiger partial charge >= 0.3 is 5.97 Å². The number of esters is 1. The highest BCUT2D eigenvalue weighted by molar-refractivity contribution is 6.74. The fourth-order valence-electron chi connectivity index (χ4n) is 5.43. The molecule has 1 rings (SSSR count). The third kappa shape index (κ3) is 15.2. The van der Waals surface area contributed by atoms with Crippen LogP contribution in [0.1, 0.15) is 113 Å². The molecule has 0 radical (unpaired) electrons. The Balaban J connectivity index is 3.34. The Labute approximate surface area is 265 Å². The second-order valence-corrected chi connectivity index (χ2v) is 18.1. The summed E-state index contributed by atoms with van der Waals surface area (Å²) in [6.45, 7) is 23.0. The van der Waals surface area contributed by atoms with E-state index < -0.39 is 8.32 Å². The summed E-state index contributed by atoms with van der Waals surface area (Å²) in [7, 11) is -0.588. The first-order valence-electron chi connectivity index (χ1n) is 16.9. The summed E-state index contributed by atoms with van der Waals surface area (Å²) in [6.07, 6.45) is 16.8. The Morgan fingerprint density at radius 1 is 0.953 bits per heavy atom. The number of unbranched alkanes of at least 4 members (excludes halogenated alkanes) is 3. The van der Waals surface area contributed by atoms with Crippen LogP contribution in [0, 0.1) is 11.8 Å². The summed E-state index contributed by atoms with van der Waals surface area (Å²) in [5.74, 6) is 0.244. The van der Waals surface area contributed by atoms with E-state index in [-0.39, 0.29) is 53.7 Å². The molecule has 0 bridgehead atoms. The van der Waals surface area contributed by atoms with Crippen molar-refractivity contribution in [2.24, 2.45) is 11.8 Å². The number of carbonyl (C=O) groups excluding carboxylic acids is 1. The second-order valence-electron chi connectivity index (χ2n) is 13.3. The molecule has 7 nitrogen and oxygen atoms in total. The standard InChI is InChI=1S/C35H66O7Si/c1-12-15-18-21-29(40-27(4)38-13-2)24-25-31-30(22-19-16-17-20-23-34(36)37-9)33(42-43(10,11)35(6,7)8)26-32(31)41-28(5)39-14-3/h16,19,24-25,27-33H,12-15,17-18,20-23,26H2,1-11H3/b19-16-,25-24+/t27?,28?,29-,30+,31-,32-,33+/m1/s1. The Bertz CT molecular complexity index is 807. The Hall–Kier alpha value is -1.03. The van der Waals surface area contributed by atoms with Crippen molar-refractivity contribution >= 4 is 14.3 Å². The van der Waals surface area contributed by atoms with Gasteiger partial charge in [-0.25, -0.2) is 0 Å². The molecule has 0 aliphatic heterocycles. The van der Waals surface area contributed by atoms with Crippen molar-refractivity contribution in [3.05, 3.63) is 24.3 Å². The van der Waals surface area contributed by atoms with Gasteiger partial charge in [-0.15, -0.1) is 0 Å². The van der Waals surface area contributed by atoms with Crippen molar-refractivity contribution in [3.8, 4) is 0 Å². The van der Waals surface area contributed by atoms with Crippen LogP contribution in [0.2, 0.25) is 18.1 Å². The van der Waals surface area contributed by atoms with Crippen molar-refractivity contribution in [2.75, 3.05) is 20.3 Å². The predicted octanol–water partition coefficient (Wildman–Crippen LogP) is 8.97. The van der Waals surface area contributed by atoms with Gasteiger partial charge in [0.2, 0.25) is 0 Å². The van der Waals surface area contributed by atoms with Crippen LogP contribution in [0.25, 0.3) is 0 Å². The maximum atomic E-state index is 11.5. The molecule has 0 heterocycles. The van der Waals surface area contributed by atoms with E-state index in [0.29, 0.717) is 19.6 Å². The normalized spacial score (nSPS) is 23.7. The smallest absolute Gasteiger partial charge is 0.305 e. The summed E-state index contributed by atoms with van der Waals surface area (Å²) < 4.78 is 36.4. The lowest BCUT2D eigenvalue weighted by molar-refractivity contribution is -0.163. The van der Waals surface area contributed by atoms with E-state index in [1.165, 1.54) is 20.0 Å². The van der Waals surface area contributed by atoms with Crippen LogP contribution in [0.5, 0.6) is 0 Å². The molecular weight excluding hydrogens is 560 g/mol. The molecule has 1 fully saturated rings. The Morgan fingerprint density at radius 2 is 1.63 bits per heavy atom. The van der Waals surface area contributed by atoms with E-state index in [1.807, 2.05) is 27.7 Å². The fourth-order valence-corrected chi connectivity index (χ4v) is 6.81. The Kier molecular flexibility index (Phi) is 19.4. The minimum absolute atomic E-state index is 0.0204. The van der Waals surface area contributed by atoms with E-state index in [0.717, 1.165) is 38.5 Å². The highest BCUT2D eigenvalue weighted by Gasteiger charge is 2.48. The second kappa shape index (κ2) is 20.9. The van der Waals surface area contributed by atoms with Gasteiger partial charge in [0.1, 0.15) is 0 Å². The van der Waals surface area contributed by atoms with E-state index >= 15 is 0 Å². The van der Waals surface area contributed by atoms with Crippen LogP contribution >= 0.6 is 0 Å². The van der Waals surface area contributed by atoms with Crippen LogP contribution in [0.3, 0.4) is 0 Å². The lowest BCUT2D eigenvalue weighted by Crippen LogP contribution is -2.45. The van der Waals surface area contributed by atoms with E-state index in [1.54, 1.807) is 0 Å². The van der Waals surface area contributed by atoms with E-state index in [9.17, 15) is 4.79 Å². The summed E-state index contributed by atoms with van der Waals surface area (Å²) in [5, 5.41) is 0.109. The molecule has 7 atom stereocenters. The first-order chi connectivity index (χ1) is 20.3. The molecule has 0 aromatic heterocycles. The molecule has 43 heavy (non-hydrogen) atoms. The molecule has 0 amide bonds. The number of hydrogen-bond acceptors (Lipinski definition) is 7. The minimum Gasteiger partial charge on any atom is -0.469 e. The molecule has 1 aliphatic rings. The van der Waals surface area contributed by atoms with Crippen molar-refractivity contribution in [1.29, 1.82) is 0 Å². The number of ether oxygens (including phenoxy) is 5. The number of allylic oxidation sites excluding steroid dienone is 2. The van der Waals surface area contributed by atoms with Crippen LogP contribution < -0.4 is 0 Å². The average Bonchev–Trinajstić information content (AvgIpc) is 3.22. The molecule has 0 saturated heterocycles. The summed E-state index contributed by atoms with van der Waals surface area (Å²) in [5.41, 5.74) is 0. The van der Waals surface area contributed by atoms with Gasteiger partial charge in [0.05, 0.1) is 25.4 Å². The third-order valence-corrected chi connectivity index (χ3v) is 13.4. The highest BCUT2D eigenvalue weighted by Crippen LogP contribution is 2.45. The van der Waals surface area contributed by atoms with Gasteiger partial charge in [0.15, 0.2) is 20.9 Å². The van der Waals surface area contributed by atoms with Crippen LogP contribution in [-0.2, 0) is 32.9 Å². The number of methoxy groups -OCH3 is 1. The van der Waals surface area contributed by atoms with Crippen LogP contribution in [0.4, 0.5) is 0 Å². The third-order valence-electron chi connectivity index (χ3n) is 8.85. The first kappa shape index (κ1) is 40.0. The molecule has 1 saturated carbocycles. The van der Waals surface area contributed by atoms with Gasteiger partial charge in [-0.3, -0.25) is 4.79 Å². The van der Waals surface area contributed by atoms with Gasteiger partial charge in [-0.1, -0.05) is 71.3 Å². The molecule has 0 N–H and O–H groups in total. The van der Waals surface area contributed by atoms with Crippen LogP contribution in [0.15, 0.2) is 24.3 Å². The molecule has 252 valence electrons. The molecular formula is C35H66O7Si. The number of rotatable bonds is 22. The molecule has 0 aromatic carbocycles. The van der Waals surface area contributed by atoms with E-state index in [4.69, 9.17) is 28.1 Å². The highest BCUT2D eigenvalue weighted by atomic mass is 28.4. The molecule has 0 aromatic rings. The molecule has 0 spiro atoms. The minimum atomic E-state index is -2.03. The number of carbonyl (C=O) groups is 1. The fraction of sp³-hybridized carbons (Fsp3) is 0.857. The first-order valence-corrected chi connectivity index (χ1v) is 19.8. The molecule has 1 aliphatic carbocycles. The van der Waals surface area contributed by atoms with Crippen molar-refractivity contribution in [3.63, 3.8) is 0 Å². The zero-order chi connectivity index (χ0) is 32.5. The lowest BCUT2D eigenvalue weighted by atomic mass is 9.89. The van der Waals surface area contributed by atoms with Gasteiger partial charge in [0.25, 0.3) is 0 Å². The van der Waals surface area contributed by atoms with Crippen molar-refractivity contribution in [1.82, 2.24) is 0 Å². The zero-order valence-electron chi connectivity index (χ0n) is 29.5. The van der Waals surface area contributed by atoms with Gasteiger partial charge < -0.3 is 28.1 Å². The summed E-state index contributed by atoms with van der Waals surface area (Å²) >= 11 is 0. The van der Waals surface area contributed by atoms with Gasteiger partial charge in [0, 0.05) is 25.6 Å². The summed E-state index contributed by atoms with van der Waals surface area (Å²) in [4.78, 5) is 11.5. The maximum Gasteiger partial charge on any atom is 0.305 e. The monoisotopic (exact) mass is 626 g/mol. The Morgan fingerprint density at radius 3 is 2.23 bits per heavy atom. The maximum absolute atomic E-state index is 11.5. The predicted molar refractivity (Wildman–Crippen MR) is 178 cm³/mol. The number of hydrogen-bond donors (Lipinski definition) is 0. The van der Waals surface area contributed by atoms with Crippen molar-refractivity contribution in [2.45, 2.75) is 162 Å². The van der Waals surface area contributed by atoms with Gasteiger partial charge in [-0.05, 0) is 83.8 Å². The molecule has 8 heteroatoms. The zero-order valence-corrected chi connectivity index (χ0v) is 30.5. The van der Waals surface area contributed by atoms with Crippen molar-refractivity contribution < 1.29 is 32.9 Å². The molecule has 2 unspecified atom stereocenters. The quantitative estimate of drug-likeness (QED) is 0.0390.